The fourth-order valence-electron chi connectivity index (χ4n) is 3.50. The Balaban J connectivity index is 1.76. The van der Waals surface area contributed by atoms with Crippen molar-refractivity contribution in [1.82, 2.24) is 4.98 Å². The summed E-state index contributed by atoms with van der Waals surface area (Å²) in [6.07, 6.45) is 0.501. The van der Waals surface area contributed by atoms with E-state index in [2.05, 4.69) is 10.3 Å². The van der Waals surface area contributed by atoms with Gasteiger partial charge in [0.15, 0.2) is 5.13 Å². The third-order valence-corrected chi connectivity index (χ3v) is 6.50. The van der Waals surface area contributed by atoms with E-state index in [9.17, 15) is 4.79 Å². The second-order valence-corrected chi connectivity index (χ2v) is 8.65. The van der Waals surface area contributed by atoms with Gasteiger partial charge in [-0.2, -0.15) is 0 Å². The molecule has 7 heteroatoms. The number of hydrogen-bond donors (Lipinski definition) is 2. The van der Waals surface area contributed by atoms with E-state index >= 15 is 0 Å². The summed E-state index contributed by atoms with van der Waals surface area (Å²) in [7, 11) is 1.64. The quantitative estimate of drug-likeness (QED) is 0.788. The molecule has 146 valence electrons. The molecule has 1 saturated carbocycles. The molecule has 0 saturated heterocycles. The predicted octanol–water partition coefficient (Wildman–Crippen LogP) is 3.60. The number of carbonyl (C=O) groups is 1. The Morgan fingerprint density at radius 1 is 1.37 bits per heavy atom. The Labute approximate surface area is 164 Å². The lowest BCUT2D eigenvalue weighted by Gasteiger charge is -2.57. The molecule has 1 aromatic heterocycles. The lowest BCUT2D eigenvalue weighted by molar-refractivity contribution is -0.166. The van der Waals surface area contributed by atoms with Gasteiger partial charge in [0.2, 0.25) is 5.91 Å². The first-order chi connectivity index (χ1) is 12.7. The summed E-state index contributed by atoms with van der Waals surface area (Å²) in [5, 5.41) is 3.48. The zero-order valence-electron chi connectivity index (χ0n) is 16.5. The fraction of sp³-hybridized carbons (Fsp3) is 0.500. The minimum atomic E-state index is -0.966. The highest BCUT2D eigenvalue weighted by Crippen LogP contribution is 2.50. The number of nitrogens with one attached hydrogen (secondary N) is 1. The molecular weight excluding hydrogens is 362 g/mol. The summed E-state index contributed by atoms with van der Waals surface area (Å²) in [6.45, 7) is 8.51. The van der Waals surface area contributed by atoms with Crippen molar-refractivity contribution in [1.29, 1.82) is 0 Å². The van der Waals surface area contributed by atoms with Crippen molar-refractivity contribution in [2.24, 2.45) is 11.1 Å². The van der Waals surface area contributed by atoms with Crippen LogP contribution in [0, 0.1) is 12.3 Å². The monoisotopic (exact) mass is 389 g/mol. The highest BCUT2D eigenvalue weighted by Gasteiger charge is 2.63. The third-order valence-electron chi connectivity index (χ3n) is 5.62. The van der Waals surface area contributed by atoms with Crippen LogP contribution in [0.4, 0.5) is 5.13 Å². The normalized spacial score (nSPS) is 23.6. The van der Waals surface area contributed by atoms with E-state index in [4.69, 9.17) is 15.2 Å². The number of thiazole rings is 1. The molecule has 1 fully saturated rings. The molecule has 1 heterocycles. The summed E-state index contributed by atoms with van der Waals surface area (Å²) < 4.78 is 10.9. The van der Waals surface area contributed by atoms with Gasteiger partial charge in [-0.25, -0.2) is 4.98 Å². The van der Waals surface area contributed by atoms with Crippen LogP contribution in [-0.4, -0.2) is 36.3 Å². The maximum atomic E-state index is 12.9. The van der Waals surface area contributed by atoms with Crippen molar-refractivity contribution in [2.45, 2.75) is 45.8 Å². The van der Waals surface area contributed by atoms with Gasteiger partial charge < -0.3 is 20.5 Å². The zero-order valence-corrected chi connectivity index (χ0v) is 17.3. The van der Waals surface area contributed by atoms with Crippen LogP contribution in [-0.2, 0) is 9.53 Å². The Morgan fingerprint density at radius 2 is 2.04 bits per heavy atom. The molecule has 1 aliphatic rings. The molecule has 3 rings (SSSR count). The number of aryl methyl sites for hydroxylation is 1. The molecule has 0 bridgehead atoms. The number of methoxy groups -OCH3 is 1. The van der Waals surface area contributed by atoms with Crippen molar-refractivity contribution in [3.63, 3.8) is 0 Å². The van der Waals surface area contributed by atoms with Crippen LogP contribution in [0.25, 0.3) is 11.3 Å². The van der Waals surface area contributed by atoms with Crippen LogP contribution in [0.3, 0.4) is 0 Å². The van der Waals surface area contributed by atoms with Crippen LogP contribution in [0.1, 0.15) is 32.1 Å². The average molecular weight is 390 g/mol. The number of nitrogens with zero attached hydrogens (tertiary/aromatic N) is 1. The van der Waals surface area contributed by atoms with Gasteiger partial charge in [0.25, 0.3) is 0 Å². The molecule has 0 spiro atoms. The molecular formula is C20H27N3O3S. The first-order valence-corrected chi connectivity index (χ1v) is 9.88. The Kier molecular flexibility index (Phi) is 5.29. The van der Waals surface area contributed by atoms with Crippen LogP contribution in [0.5, 0.6) is 5.75 Å². The Hall–Kier alpha value is -1.96. The summed E-state index contributed by atoms with van der Waals surface area (Å²) in [5.74, 6) is 0.583. The highest BCUT2D eigenvalue weighted by atomic mass is 32.1. The summed E-state index contributed by atoms with van der Waals surface area (Å²) >= 11 is 1.45. The van der Waals surface area contributed by atoms with Crippen molar-refractivity contribution in [3.8, 4) is 17.0 Å². The fourth-order valence-corrected chi connectivity index (χ4v) is 4.33. The van der Waals surface area contributed by atoms with Crippen molar-refractivity contribution in [3.05, 3.63) is 29.1 Å². The molecule has 0 aliphatic heterocycles. The SMILES string of the molecule is CCOC1CC(N)(C(=O)Nc2nc(-c3ccc(OC)cc3)c(C)s2)C1(C)C. The Morgan fingerprint density at radius 3 is 2.59 bits per heavy atom. The number of anilines is 1. The molecule has 27 heavy (non-hydrogen) atoms. The maximum absolute atomic E-state index is 12.9. The first-order valence-electron chi connectivity index (χ1n) is 9.06. The summed E-state index contributed by atoms with van der Waals surface area (Å²) in [5.41, 5.74) is 6.88. The number of rotatable bonds is 6. The predicted molar refractivity (Wildman–Crippen MR) is 108 cm³/mol. The van der Waals surface area contributed by atoms with E-state index in [1.807, 2.05) is 52.0 Å². The average Bonchev–Trinajstić information content (AvgIpc) is 3.01. The van der Waals surface area contributed by atoms with Gasteiger partial charge in [0.05, 0.1) is 18.9 Å². The van der Waals surface area contributed by atoms with Crippen LogP contribution < -0.4 is 15.8 Å². The Bertz CT molecular complexity index is 831. The minimum absolute atomic E-state index is 0.00820. The van der Waals surface area contributed by atoms with Crippen molar-refractivity contribution < 1.29 is 14.3 Å². The van der Waals surface area contributed by atoms with Crippen molar-refractivity contribution in [2.75, 3.05) is 19.0 Å². The van der Waals surface area contributed by atoms with E-state index in [0.717, 1.165) is 21.9 Å². The molecule has 3 N–H and O–H groups in total. The molecule has 0 radical (unpaired) electrons. The van der Waals surface area contributed by atoms with Gasteiger partial charge in [-0.15, -0.1) is 11.3 Å². The van der Waals surface area contributed by atoms with E-state index in [1.54, 1.807) is 7.11 Å². The maximum Gasteiger partial charge on any atom is 0.246 e. The van der Waals surface area contributed by atoms with Gasteiger partial charge >= 0.3 is 0 Å². The number of aromatic nitrogens is 1. The van der Waals surface area contributed by atoms with Gasteiger partial charge in [0.1, 0.15) is 11.3 Å². The lowest BCUT2D eigenvalue weighted by atomic mass is 9.54. The second kappa shape index (κ2) is 7.22. The number of ether oxygens (including phenoxy) is 2. The van der Waals surface area contributed by atoms with E-state index in [0.29, 0.717) is 18.2 Å². The van der Waals surface area contributed by atoms with Gasteiger partial charge in [0, 0.05) is 28.9 Å². The highest BCUT2D eigenvalue weighted by molar-refractivity contribution is 7.16. The van der Waals surface area contributed by atoms with Crippen molar-refractivity contribution >= 4 is 22.4 Å². The smallest absolute Gasteiger partial charge is 0.246 e. The second-order valence-electron chi connectivity index (χ2n) is 7.45. The summed E-state index contributed by atoms with van der Waals surface area (Å²) in [4.78, 5) is 18.5. The molecule has 1 amide bonds. The van der Waals surface area contributed by atoms with Crippen LogP contribution >= 0.6 is 11.3 Å². The van der Waals surface area contributed by atoms with Gasteiger partial charge in [-0.1, -0.05) is 13.8 Å². The third kappa shape index (κ3) is 3.35. The lowest BCUT2D eigenvalue weighted by Crippen LogP contribution is -2.74. The van der Waals surface area contributed by atoms with Gasteiger partial charge in [-0.3, -0.25) is 4.79 Å². The van der Waals surface area contributed by atoms with E-state index in [-0.39, 0.29) is 12.0 Å². The standard InChI is InChI=1S/C20H27N3O3S/c1-6-26-15-11-20(21,19(15,3)4)17(24)23-18-22-16(12(2)27-18)13-7-9-14(25-5)10-8-13/h7-10,15H,6,11,21H2,1-5H3,(H,22,23,24). The summed E-state index contributed by atoms with van der Waals surface area (Å²) in [6, 6.07) is 7.70. The number of carbonyl (C=O) groups excluding carboxylic acids is 1. The van der Waals surface area contributed by atoms with E-state index < -0.39 is 11.0 Å². The molecule has 2 atom stereocenters. The number of nitrogens with two attached hydrogens (primary N) is 1. The van der Waals surface area contributed by atoms with Crippen LogP contribution in [0.2, 0.25) is 0 Å². The minimum Gasteiger partial charge on any atom is -0.497 e. The zero-order chi connectivity index (χ0) is 19.8. The molecule has 1 aliphatic carbocycles. The van der Waals surface area contributed by atoms with Crippen LogP contribution in [0.15, 0.2) is 24.3 Å². The topological polar surface area (TPSA) is 86.5 Å². The van der Waals surface area contributed by atoms with E-state index in [1.165, 1.54) is 11.3 Å². The number of amides is 1. The largest absolute Gasteiger partial charge is 0.497 e. The molecule has 6 nitrogen and oxygen atoms in total. The molecule has 2 aromatic rings. The van der Waals surface area contributed by atoms with Gasteiger partial charge in [-0.05, 0) is 38.1 Å². The molecule has 1 aromatic carbocycles. The number of hydrogen-bond acceptors (Lipinski definition) is 6. The first kappa shape index (κ1) is 19.8. The molecule has 2 unspecified atom stereocenters. The number of benzene rings is 1.